The van der Waals surface area contributed by atoms with Crippen molar-refractivity contribution in [2.75, 3.05) is 6.54 Å². The Morgan fingerprint density at radius 1 is 1.35 bits per heavy atom. The minimum atomic E-state index is -0.784. The summed E-state index contributed by atoms with van der Waals surface area (Å²) in [6.07, 6.45) is 6.52. The molecule has 0 aromatic rings. The summed E-state index contributed by atoms with van der Waals surface area (Å²) in [5.74, 6) is -0.784. The third-order valence-corrected chi connectivity index (χ3v) is 2.83. The molecule has 0 radical (unpaired) electrons. The number of nitrogens with zero attached hydrogens (tertiary/aromatic N) is 1. The molecule has 0 saturated heterocycles. The molecule has 96 valence electrons. The molecular formula is C11H19N3O2S. The zero-order valence-corrected chi connectivity index (χ0v) is 10.7. The number of carboxylic acid groups (broad SMARTS) is 1. The van der Waals surface area contributed by atoms with Crippen LogP contribution in [0.2, 0.25) is 0 Å². The molecule has 0 bridgehead atoms. The first kappa shape index (κ1) is 13.9. The first-order valence-electron chi connectivity index (χ1n) is 5.99. The van der Waals surface area contributed by atoms with Crippen LogP contribution in [0.3, 0.4) is 0 Å². The lowest BCUT2D eigenvalue weighted by Crippen LogP contribution is -2.33. The quantitative estimate of drug-likeness (QED) is 0.396. The van der Waals surface area contributed by atoms with E-state index in [1.807, 2.05) is 0 Å². The maximum Gasteiger partial charge on any atom is 0.303 e. The van der Waals surface area contributed by atoms with E-state index in [0.29, 0.717) is 18.1 Å². The molecule has 0 spiro atoms. The predicted molar refractivity (Wildman–Crippen MR) is 71.1 cm³/mol. The maximum absolute atomic E-state index is 10.3. The normalized spacial score (nSPS) is 15.2. The average molecular weight is 257 g/mol. The second-order valence-corrected chi connectivity index (χ2v) is 4.51. The van der Waals surface area contributed by atoms with Gasteiger partial charge in [-0.25, -0.2) is 0 Å². The van der Waals surface area contributed by atoms with Crippen molar-refractivity contribution in [2.24, 2.45) is 5.10 Å². The number of aliphatic carboxylic acids is 1. The number of nitrogens with one attached hydrogen (secondary N) is 2. The minimum absolute atomic E-state index is 0.157. The van der Waals surface area contributed by atoms with Gasteiger partial charge in [-0.2, -0.15) is 5.10 Å². The number of hydrogen-bond acceptors (Lipinski definition) is 3. The Bertz CT molecular complexity index is 297. The van der Waals surface area contributed by atoms with Crippen molar-refractivity contribution in [1.29, 1.82) is 0 Å². The molecule has 6 heteroatoms. The fraction of sp³-hybridized carbons (Fsp3) is 0.727. The van der Waals surface area contributed by atoms with E-state index in [9.17, 15) is 4.79 Å². The average Bonchev–Trinajstić information content (AvgIpc) is 2.33. The molecule has 0 aromatic heterocycles. The van der Waals surface area contributed by atoms with Crippen molar-refractivity contribution >= 4 is 29.0 Å². The highest BCUT2D eigenvalue weighted by molar-refractivity contribution is 7.80. The van der Waals surface area contributed by atoms with Gasteiger partial charge in [-0.05, 0) is 44.3 Å². The molecule has 0 atom stereocenters. The third kappa shape index (κ3) is 6.88. The Labute approximate surface area is 107 Å². The van der Waals surface area contributed by atoms with Crippen LogP contribution in [-0.4, -0.2) is 28.4 Å². The number of thiocarbonyl (C=S) groups is 1. The van der Waals surface area contributed by atoms with E-state index in [2.05, 4.69) is 15.8 Å². The molecule has 1 aliphatic rings. The van der Waals surface area contributed by atoms with Gasteiger partial charge in [0.25, 0.3) is 0 Å². The molecule has 5 nitrogen and oxygen atoms in total. The monoisotopic (exact) mass is 257 g/mol. The van der Waals surface area contributed by atoms with Crippen molar-refractivity contribution in [2.45, 2.75) is 44.9 Å². The maximum atomic E-state index is 10.3. The number of rotatable bonds is 5. The number of carboxylic acids is 1. The summed E-state index contributed by atoms with van der Waals surface area (Å²) < 4.78 is 0. The van der Waals surface area contributed by atoms with E-state index in [1.54, 1.807) is 0 Å². The fourth-order valence-electron chi connectivity index (χ4n) is 1.68. The summed E-state index contributed by atoms with van der Waals surface area (Å²) >= 11 is 5.02. The largest absolute Gasteiger partial charge is 0.481 e. The highest BCUT2D eigenvalue weighted by Gasteiger charge is 2.06. The van der Waals surface area contributed by atoms with Crippen LogP contribution in [0, 0.1) is 0 Å². The van der Waals surface area contributed by atoms with Gasteiger partial charge in [0.05, 0.1) is 0 Å². The standard InChI is InChI=1S/C11H19N3O2S/c15-10(16)7-4-8-12-11(17)14-13-9-5-2-1-3-6-9/h1-8H2,(H,15,16)(H2,12,14,17). The summed E-state index contributed by atoms with van der Waals surface area (Å²) in [7, 11) is 0. The molecule has 0 unspecified atom stereocenters. The van der Waals surface area contributed by atoms with E-state index < -0.39 is 5.97 Å². The number of hydrogen-bond donors (Lipinski definition) is 3. The lowest BCUT2D eigenvalue weighted by molar-refractivity contribution is -0.137. The summed E-state index contributed by atoms with van der Waals surface area (Å²) in [5, 5.41) is 16.1. The first-order chi connectivity index (χ1) is 8.18. The van der Waals surface area contributed by atoms with Gasteiger partial charge >= 0.3 is 5.97 Å². The predicted octanol–water partition coefficient (Wildman–Crippen LogP) is 1.64. The minimum Gasteiger partial charge on any atom is -0.481 e. The Balaban J connectivity index is 2.09. The van der Waals surface area contributed by atoms with Gasteiger partial charge in [0.15, 0.2) is 5.11 Å². The fourth-order valence-corrected chi connectivity index (χ4v) is 1.83. The van der Waals surface area contributed by atoms with Crippen molar-refractivity contribution < 1.29 is 9.90 Å². The zero-order chi connectivity index (χ0) is 12.5. The topological polar surface area (TPSA) is 73.7 Å². The lowest BCUT2D eigenvalue weighted by Gasteiger charge is -2.13. The highest BCUT2D eigenvalue weighted by Crippen LogP contribution is 2.13. The molecule has 1 saturated carbocycles. The van der Waals surface area contributed by atoms with Gasteiger partial charge < -0.3 is 10.4 Å². The lowest BCUT2D eigenvalue weighted by atomic mass is 9.99. The highest BCUT2D eigenvalue weighted by atomic mass is 32.1. The van der Waals surface area contributed by atoms with E-state index in [4.69, 9.17) is 17.3 Å². The second kappa shape index (κ2) is 8.00. The van der Waals surface area contributed by atoms with Crippen LogP contribution < -0.4 is 10.7 Å². The van der Waals surface area contributed by atoms with Gasteiger partial charge in [-0.1, -0.05) is 6.42 Å². The Hall–Kier alpha value is -1.17. The Morgan fingerprint density at radius 2 is 2.06 bits per heavy atom. The first-order valence-corrected chi connectivity index (χ1v) is 6.40. The van der Waals surface area contributed by atoms with Crippen molar-refractivity contribution in [3.05, 3.63) is 0 Å². The summed E-state index contributed by atoms with van der Waals surface area (Å²) in [4.78, 5) is 10.3. The Morgan fingerprint density at radius 3 is 2.71 bits per heavy atom. The van der Waals surface area contributed by atoms with Crippen LogP contribution in [0.15, 0.2) is 5.10 Å². The molecular weight excluding hydrogens is 238 g/mol. The van der Waals surface area contributed by atoms with Crippen molar-refractivity contribution in [3.8, 4) is 0 Å². The molecule has 1 rings (SSSR count). The molecule has 3 N–H and O–H groups in total. The van der Waals surface area contributed by atoms with E-state index >= 15 is 0 Å². The van der Waals surface area contributed by atoms with Crippen molar-refractivity contribution in [3.63, 3.8) is 0 Å². The van der Waals surface area contributed by atoms with Crippen LogP contribution in [0.25, 0.3) is 0 Å². The van der Waals surface area contributed by atoms with Gasteiger partial charge in [0, 0.05) is 18.7 Å². The van der Waals surface area contributed by atoms with Gasteiger partial charge in [0.1, 0.15) is 0 Å². The third-order valence-electron chi connectivity index (χ3n) is 2.60. The van der Waals surface area contributed by atoms with Gasteiger partial charge in [-0.3, -0.25) is 10.2 Å². The Kier molecular flexibility index (Phi) is 6.54. The molecule has 1 aliphatic carbocycles. The van der Waals surface area contributed by atoms with E-state index in [-0.39, 0.29) is 6.42 Å². The molecule has 17 heavy (non-hydrogen) atoms. The van der Waals surface area contributed by atoms with Crippen LogP contribution in [0.1, 0.15) is 44.9 Å². The van der Waals surface area contributed by atoms with Gasteiger partial charge in [-0.15, -0.1) is 0 Å². The van der Waals surface area contributed by atoms with Crippen LogP contribution in [0.5, 0.6) is 0 Å². The number of carbonyl (C=O) groups is 1. The van der Waals surface area contributed by atoms with E-state index in [1.165, 1.54) is 25.0 Å². The molecule has 0 aliphatic heterocycles. The molecule has 0 aromatic carbocycles. The van der Waals surface area contributed by atoms with Gasteiger partial charge in [0.2, 0.25) is 0 Å². The molecule has 0 amide bonds. The molecule has 0 heterocycles. The van der Waals surface area contributed by atoms with Crippen LogP contribution >= 0.6 is 12.2 Å². The number of hydrazone groups is 1. The summed E-state index contributed by atoms with van der Waals surface area (Å²) in [5.41, 5.74) is 3.97. The zero-order valence-electron chi connectivity index (χ0n) is 9.87. The smallest absolute Gasteiger partial charge is 0.303 e. The SMILES string of the molecule is O=C(O)CCCNC(=S)NN=C1CCCCC1. The van der Waals surface area contributed by atoms with Crippen LogP contribution in [0.4, 0.5) is 0 Å². The molecule has 1 fully saturated rings. The second-order valence-electron chi connectivity index (χ2n) is 4.10. The van der Waals surface area contributed by atoms with Crippen molar-refractivity contribution in [1.82, 2.24) is 10.7 Å². The van der Waals surface area contributed by atoms with E-state index in [0.717, 1.165) is 12.8 Å². The van der Waals surface area contributed by atoms with Crippen LogP contribution in [-0.2, 0) is 4.79 Å². The summed E-state index contributed by atoms with van der Waals surface area (Å²) in [6.45, 7) is 0.559. The summed E-state index contributed by atoms with van der Waals surface area (Å²) in [6, 6.07) is 0.